The van der Waals surface area contributed by atoms with Crippen molar-refractivity contribution in [2.75, 3.05) is 18.4 Å². The van der Waals surface area contributed by atoms with Gasteiger partial charge in [-0.05, 0) is 18.9 Å². The maximum Gasteiger partial charge on any atom is 0.491 e. The molecule has 14 heteroatoms. The van der Waals surface area contributed by atoms with E-state index in [9.17, 15) is 38.1 Å². The lowest BCUT2D eigenvalue weighted by atomic mass is 10.1. The fourth-order valence-electron chi connectivity index (χ4n) is 3.61. The highest BCUT2D eigenvalue weighted by atomic mass is 19.4. The number of nitrogens with zero attached hydrogens (tertiary/aromatic N) is 4. The van der Waals surface area contributed by atoms with Gasteiger partial charge in [0.25, 0.3) is 5.72 Å². The number of pyridine rings is 1. The smallest absolute Gasteiger partial charge is 0.418 e. The van der Waals surface area contributed by atoms with Crippen LogP contribution in [0, 0.1) is 21.4 Å². The molecule has 0 unspecified atom stereocenters. The number of esters is 1. The highest BCUT2D eigenvalue weighted by Crippen LogP contribution is 2.34. The molecular formula is C17H17F3N6O5. The van der Waals surface area contributed by atoms with E-state index < -0.39 is 40.8 Å². The molecule has 2 saturated heterocycles. The van der Waals surface area contributed by atoms with E-state index in [1.807, 2.05) is 0 Å². The van der Waals surface area contributed by atoms with E-state index in [2.05, 4.69) is 20.4 Å². The molecule has 0 saturated carbocycles. The van der Waals surface area contributed by atoms with Gasteiger partial charge in [0.15, 0.2) is 0 Å². The number of hydrogen-bond acceptors (Lipinski definition) is 9. The Balaban J connectivity index is 1.70. The van der Waals surface area contributed by atoms with E-state index in [1.165, 1.54) is 24.4 Å². The Bertz CT molecular complexity index is 936. The van der Waals surface area contributed by atoms with Crippen LogP contribution in [0.15, 0.2) is 18.3 Å². The van der Waals surface area contributed by atoms with Gasteiger partial charge in [-0.15, -0.1) is 0 Å². The zero-order valence-electron chi connectivity index (χ0n) is 15.9. The van der Waals surface area contributed by atoms with Gasteiger partial charge < -0.3 is 15.4 Å². The second-order valence-electron chi connectivity index (χ2n) is 7.04. The first-order valence-corrected chi connectivity index (χ1v) is 9.19. The van der Waals surface area contributed by atoms with Crippen molar-refractivity contribution in [3.05, 3.63) is 28.4 Å². The summed E-state index contributed by atoms with van der Waals surface area (Å²) in [5.41, 5.74) is -2.59. The summed E-state index contributed by atoms with van der Waals surface area (Å²) in [5.74, 6) is -3.23. The number of anilines is 1. The number of likely N-dealkylation sites (tertiary alicyclic amines) is 1. The number of nitriles is 1. The molecule has 1 aromatic heterocycles. The summed E-state index contributed by atoms with van der Waals surface area (Å²) in [6, 6.07) is 2.87. The predicted molar refractivity (Wildman–Crippen MR) is 96.1 cm³/mol. The van der Waals surface area contributed by atoms with Crippen LogP contribution in [0.1, 0.15) is 19.3 Å². The van der Waals surface area contributed by atoms with Gasteiger partial charge in [0.1, 0.15) is 6.07 Å². The molecule has 3 rings (SSSR count). The summed E-state index contributed by atoms with van der Waals surface area (Å²) < 4.78 is 42.3. The molecule has 0 bridgehead atoms. The lowest BCUT2D eigenvalue weighted by Crippen LogP contribution is -2.55. The van der Waals surface area contributed by atoms with Crippen molar-refractivity contribution in [1.29, 1.82) is 5.26 Å². The second kappa shape index (κ2) is 8.34. The molecule has 11 nitrogen and oxygen atoms in total. The minimum atomic E-state index is -5.31. The van der Waals surface area contributed by atoms with Crippen LogP contribution < -0.4 is 10.6 Å². The molecule has 0 spiro atoms. The number of nitro groups is 1. The molecule has 31 heavy (non-hydrogen) atoms. The first-order valence-electron chi connectivity index (χ1n) is 9.19. The Morgan fingerprint density at radius 3 is 2.87 bits per heavy atom. The summed E-state index contributed by atoms with van der Waals surface area (Å²) >= 11 is 0. The Labute approximate surface area is 173 Å². The monoisotopic (exact) mass is 442 g/mol. The molecule has 2 aliphatic heterocycles. The van der Waals surface area contributed by atoms with Crippen molar-refractivity contribution in [2.24, 2.45) is 0 Å². The number of hydrogen-bond donors (Lipinski definition) is 2. The van der Waals surface area contributed by atoms with Gasteiger partial charge in [-0.2, -0.15) is 18.4 Å². The second-order valence-corrected chi connectivity index (χ2v) is 7.04. The topological polar surface area (TPSA) is 150 Å². The van der Waals surface area contributed by atoms with Crippen molar-refractivity contribution >= 4 is 23.4 Å². The number of ether oxygens (including phenoxy) is 1. The number of halogens is 3. The van der Waals surface area contributed by atoms with Crippen molar-refractivity contribution in [2.45, 2.75) is 43.2 Å². The molecule has 2 fully saturated rings. The highest BCUT2D eigenvalue weighted by Gasteiger charge is 2.54. The first-order chi connectivity index (χ1) is 14.6. The predicted octanol–water partition coefficient (Wildman–Crippen LogP) is 1.08. The van der Waals surface area contributed by atoms with Gasteiger partial charge in [-0.3, -0.25) is 19.8 Å². The molecule has 2 N–H and O–H groups in total. The van der Waals surface area contributed by atoms with Crippen LogP contribution in [0.5, 0.6) is 0 Å². The van der Waals surface area contributed by atoms with Crippen molar-refractivity contribution in [3.8, 4) is 6.07 Å². The van der Waals surface area contributed by atoms with E-state index >= 15 is 0 Å². The number of amides is 1. The van der Waals surface area contributed by atoms with Gasteiger partial charge in [0, 0.05) is 37.8 Å². The quantitative estimate of drug-likeness (QED) is 0.388. The molecule has 1 aromatic rings. The molecule has 0 radical (unpaired) electrons. The summed E-state index contributed by atoms with van der Waals surface area (Å²) in [5, 5.41) is 26.3. The number of rotatable bonds is 5. The average Bonchev–Trinajstić information content (AvgIpc) is 3.34. The van der Waals surface area contributed by atoms with E-state index in [-0.39, 0.29) is 43.9 Å². The van der Waals surface area contributed by atoms with Crippen LogP contribution in [-0.4, -0.2) is 63.8 Å². The van der Waals surface area contributed by atoms with Crippen molar-refractivity contribution in [1.82, 2.24) is 15.2 Å². The molecule has 2 aliphatic rings. The lowest BCUT2D eigenvalue weighted by molar-refractivity contribution is -0.384. The maximum absolute atomic E-state index is 12.9. The minimum Gasteiger partial charge on any atom is -0.418 e. The molecule has 166 valence electrons. The number of nitrogens with one attached hydrogen (secondary N) is 2. The lowest BCUT2D eigenvalue weighted by Gasteiger charge is -2.33. The fourth-order valence-corrected chi connectivity index (χ4v) is 3.61. The van der Waals surface area contributed by atoms with E-state index in [1.54, 1.807) is 0 Å². The van der Waals surface area contributed by atoms with Crippen LogP contribution in [0.25, 0.3) is 0 Å². The van der Waals surface area contributed by atoms with Gasteiger partial charge in [0.2, 0.25) is 11.7 Å². The maximum atomic E-state index is 12.9. The number of aromatic nitrogens is 1. The largest absolute Gasteiger partial charge is 0.491 e. The van der Waals surface area contributed by atoms with E-state index in [0.29, 0.717) is 0 Å². The zero-order chi connectivity index (χ0) is 22.8. The van der Waals surface area contributed by atoms with Crippen LogP contribution in [0.4, 0.5) is 24.7 Å². The minimum absolute atomic E-state index is 0.0130. The molecule has 0 aliphatic carbocycles. The van der Waals surface area contributed by atoms with Crippen LogP contribution in [0.3, 0.4) is 0 Å². The zero-order valence-corrected chi connectivity index (χ0v) is 15.9. The standard InChI is InChI=1S/C17H17F3N6O5/c18-17(19,20)15(28)31-16(9-21)4-2-6-25(16)14(27)11-7-10(8-23-11)24-13-12(26(29)30)3-1-5-22-13/h1,3,5,10-11,23H,2,4,6-8H2,(H,22,24)/t10-,11-,16-/m0/s1. The van der Waals surface area contributed by atoms with Crippen molar-refractivity contribution in [3.63, 3.8) is 0 Å². The molecule has 3 heterocycles. The SMILES string of the molecule is N#C[C@@]1(OC(=O)C(F)(F)F)CCCN1C(=O)[C@@H]1C[C@H](Nc2ncccc2[N+](=O)[O-])CN1. The summed E-state index contributed by atoms with van der Waals surface area (Å²) in [6.07, 6.45) is -3.89. The van der Waals surface area contributed by atoms with E-state index in [4.69, 9.17) is 0 Å². The van der Waals surface area contributed by atoms with Crippen LogP contribution in [0.2, 0.25) is 0 Å². The summed E-state index contributed by atoms with van der Waals surface area (Å²) in [7, 11) is 0. The Hall–Kier alpha value is -3.47. The van der Waals surface area contributed by atoms with E-state index in [0.717, 1.165) is 4.90 Å². The molecule has 0 aromatic carbocycles. The third kappa shape index (κ3) is 4.50. The summed E-state index contributed by atoms with van der Waals surface area (Å²) in [4.78, 5) is 39.5. The highest BCUT2D eigenvalue weighted by molar-refractivity contribution is 5.84. The number of carbonyl (C=O) groups excluding carboxylic acids is 2. The normalized spacial score (nSPS) is 25.7. The first kappa shape index (κ1) is 22.2. The third-order valence-corrected chi connectivity index (χ3v) is 5.02. The summed E-state index contributed by atoms with van der Waals surface area (Å²) in [6.45, 7) is 0.152. The Kier molecular flexibility index (Phi) is 5.98. The fraction of sp³-hybridized carbons (Fsp3) is 0.529. The van der Waals surface area contributed by atoms with Gasteiger partial charge in [0.05, 0.1) is 11.0 Å². The van der Waals surface area contributed by atoms with Crippen LogP contribution in [-0.2, 0) is 14.3 Å². The number of alkyl halides is 3. The van der Waals surface area contributed by atoms with Crippen molar-refractivity contribution < 1.29 is 32.4 Å². The molecule has 3 atom stereocenters. The Morgan fingerprint density at radius 2 is 2.23 bits per heavy atom. The van der Waals surface area contributed by atoms with Gasteiger partial charge in [-0.25, -0.2) is 9.78 Å². The third-order valence-electron chi connectivity index (χ3n) is 5.02. The molecular weight excluding hydrogens is 425 g/mol. The van der Waals surface area contributed by atoms with Gasteiger partial charge in [-0.1, -0.05) is 0 Å². The van der Waals surface area contributed by atoms with Crippen LogP contribution >= 0.6 is 0 Å². The number of carbonyl (C=O) groups is 2. The average molecular weight is 442 g/mol. The molecule has 1 amide bonds. The van der Waals surface area contributed by atoms with Gasteiger partial charge >= 0.3 is 17.8 Å². The Morgan fingerprint density at radius 1 is 1.48 bits per heavy atom.